The van der Waals surface area contributed by atoms with Gasteiger partial charge in [-0.15, -0.1) is 0 Å². The van der Waals surface area contributed by atoms with E-state index in [1.165, 1.54) is 0 Å². The third kappa shape index (κ3) is 1.28. The van der Waals surface area contributed by atoms with Gasteiger partial charge in [-0.05, 0) is 6.42 Å². The van der Waals surface area contributed by atoms with E-state index < -0.39 is 6.67 Å². The zero-order chi connectivity index (χ0) is 6.69. The van der Waals surface area contributed by atoms with Crippen LogP contribution in [0.4, 0.5) is 4.39 Å². The lowest BCUT2D eigenvalue weighted by molar-refractivity contribution is 0.468. The number of nitrogens with zero attached hydrogens (tertiary/aromatic N) is 1. The number of alkyl halides is 1. The Morgan fingerprint density at radius 3 is 2.89 bits per heavy atom. The van der Waals surface area contributed by atoms with Crippen molar-refractivity contribution in [3.63, 3.8) is 0 Å². The Bertz CT molecular complexity index is 164. The Labute approximate surface area is 53.1 Å². The van der Waals surface area contributed by atoms with Crippen molar-refractivity contribution in [3.05, 3.63) is 17.7 Å². The van der Waals surface area contributed by atoms with Crippen LogP contribution in [-0.4, -0.2) is 9.97 Å². The lowest BCUT2D eigenvalue weighted by Gasteiger charge is -1.84. The van der Waals surface area contributed by atoms with E-state index in [9.17, 15) is 4.39 Å². The molecule has 0 aliphatic rings. The molecule has 0 aromatic carbocycles. The second kappa shape index (κ2) is 2.62. The van der Waals surface area contributed by atoms with Gasteiger partial charge in [0.2, 0.25) is 0 Å². The number of nitrogens with one attached hydrogen (secondary N) is 1. The predicted octanol–water partition coefficient (Wildman–Crippen LogP) is 1.44. The summed E-state index contributed by atoms with van der Waals surface area (Å²) >= 11 is 0. The first-order valence-electron chi connectivity index (χ1n) is 2.95. The fourth-order valence-corrected chi connectivity index (χ4v) is 0.653. The maximum absolute atomic E-state index is 11.8. The van der Waals surface area contributed by atoms with Crippen LogP contribution in [0.3, 0.4) is 0 Å². The minimum atomic E-state index is -0.500. The Morgan fingerprint density at radius 1 is 1.78 bits per heavy atom. The highest BCUT2D eigenvalue weighted by molar-refractivity contribution is 4.99. The van der Waals surface area contributed by atoms with Crippen LogP contribution < -0.4 is 0 Å². The van der Waals surface area contributed by atoms with Gasteiger partial charge >= 0.3 is 0 Å². The number of hydrogen-bond donors (Lipinski definition) is 1. The minimum absolute atomic E-state index is 0.423. The van der Waals surface area contributed by atoms with Gasteiger partial charge in [0.1, 0.15) is 12.5 Å². The Hall–Kier alpha value is -0.860. The largest absolute Gasteiger partial charge is 0.344 e. The molecule has 9 heavy (non-hydrogen) atoms. The fourth-order valence-electron chi connectivity index (χ4n) is 0.653. The number of H-pyrrole nitrogens is 1. The van der Waals surface area contributed by atoms with Crippen LogP contribution in [0.25, 0.3) is 0 Å². The molecule has 0 aliphatic heterocycles. The van der Waals surface area contributed by atoms with Gasteiger partial charge < -0.3 is 4.98 Å². The highest BCUT2D eigenvalue weighted by Crippen LogP contribution is 1.97. The topological polar surface area (TPSA) is 28.7 Å². The summed E-state index contributed by atoms with van der Waals surface area (Å²) < 4.78 is 11.8. The summed E-state index contributed by atoms with van der Waals surface area (Å²) in [6, 6.07) is 0. The molecule has 0 spiro atoms. The van der Waals surface area contributed by atoms with Gasteiger partial charge in [0.25, 0.3) is 0 Å². The van der Waals surface area contributed by atoms with Crippen LogP contribution in [-0.2, 0) is 13.1 Å². The molecule has 0 saturated carbocycles. The van der Waals surface area contributed by atoms with E-state index in [2.05, 4.69) is 9.97 Å². The van der Waals surface area contributed by atoms with E-state index in [4.69, 9.17) is 0 Å². The molecule has 0 atom stereocenters. The smallest absolute Gasteiger partial charge is 0.147 e. The van der Waals surface area contributed by atoms with Crippen molar-refractivity contribution in [1.29, 1.82) is 0 Å². The van der Waals surface area contributed by atoms with Crippen molar-refractivity contribution in [3.8, 4) is 0 Å². The first kappa shape index (κ1) is 6.26. The third-order valence-corrected chi connectivity index (χ3v) is 1.19. The molecule has 0 saturated heterocycles. The van der Waals surface area contributed by atoms with Crippen LogP contribution in [0.2, 0.25) is 0 Å². The number of hydrogen-bond acceptors (Lipinski definition) is 1. The summed E-state index contributed by atoms with van der Waals surface area (Å²) in [5.41, 5.74) is 0.989. The molecule has 1 N–H and O–H groups in total. The normalized spacial score (nSPS) is 10.0. The number of halogens is 1. The summed E-state index contributed by atoms with van der Waals surface area (Å²) in [6.45, 7) is 1.50. The summed E-state index contributed by atoms with van der Waals surface area (Å²) in [5, 5.41) is 0. The molecule has 0 radical (unpaired) electrons. The molecule has 0 unspecified atom stereocenters. The van der Waals surface area contributed by atoms with Crippen LogP contribution in [0, 0.1) is 0 Å². The molecule has 3 heteroatoms. The lowest BCUT2D eigenvalue weighted by atomic mass is 10.4. The van der Waals surface area contributed by atoms with Gasteiger partial charge in [0, 0.05) is 11.9 Å². The first-order valence-corrected chi connectivity index (χ1v) is 2.95. The van der Waals surface area contributed by atoms with Crippen molar-refractivity contribution in [2.45, 2.75) is 20.0 Å². The Balaban J connectivity index is 2.74. The molecule has 0 fully saturated rings. The van der Waals surface area contributed by atoms with Gasteiger partial charge in [-0.25, -0.2) is 9.37 Å². The van der Waals surface area contributed by atoms with Crippen molar-refractivity contribution < 1.29 is 4.39 Å². The van der Waals surface area contributed by atoms with E-state index in [0.717, 1.165) is 12.1 Å². The van der Waals surface area contributed by atoms with Gasteiger partial charge in [-0.1, -0.05) is 6.92 Å². The van der Waals surface area contributed by atoms with Gasteiger partial charge in [0.15, 0.2) is 0 Å². The molecule has 50 valence electrons. The zero-order valence-corrected chi connectivity index (χ0v) is 5.32. The fraction of sp³-hybridized carbons (Fsp3) is 0.500. The second-order valence-corrected chi connectivity index (χ2v) is 1.84. The van der Waals surface area contributed by atoms with Crippen LogP contribution >= 0.6 is 0 Å². The lowest BCUT2D eigenvalue weighted by Crippen LogP contribution is -1.81. The molecule has 2 nitrogen and oxygen atoms in total. The molecule has 1 aromatic heterocycles. The molecule has 1 aromatic rings. The average Bonchev–Trinajstić information content (AvgIpc) is 2.34. The van der Waals surface area contributed by atoms with E-state index in [0.29, 0.717) is 5.82 Å². The quantitative estimate of drug-likeness (QED) is 0.641. The number of aromatic amines is 1. The molecular formula is C6H9FN2. The third-order valence-electron chi connectivity index (χ3n) is 1.19. The molecule has 0 bridgehead atoms. The number of aryl methyl sites for hydroxylation is 1. The summed E-state index contributed by atoms with van der Waals surface area (Å²) in [6.07, 6.45) is 2.54. The molecular weight excluding hydrogens is 119 g/mol. The van der Waals surface area contributed by atoms with Gasteiger partial charge in [-0.3, -0.25) is 0 Å². The summed E-state index contributed by atoms with van der Waals surface area (Å²) in [7, 11) is 0. The van der Waals surface area contributed by atoms with Crippen molar-refractivity contribution >= 4 is 0 Å². The van der Waals surface area contributed by atoms with E-state index in [1.54, 1.807) is 6.20 Å². The van der Waals surface area contributed by atoms with Crippen molar-refractivity contribution in [2.24, 2.45) is 0 Å². The monoisotopic (exact) mass is 128 g/mol. The van der Waals surface area contributed by atoms with Gasteiger partial charge in [0.05, 0.1) is 0 Å². The standard InChI is InChI=1S/C6H9FN2/c1-2-5-4-8-6(3-7)9-5/h4H,2-3H2,1H3,(H,8,9). The van der Waals surface area contributed by atoms with Crippen LogP contribution in [0.5, 0.6) is 0 Å². The van der Waals surface area contributed by atoms with Crippen molar-refractivity contribution in [1.82, 2.24) is 9.97 Å². The van der Waals surface area contributed by atoms with E-state index >= 15 is 0 Å². The first-order chi connectivity index (χ1) is 4.36. The SMILES string of the molecule is CCc1cnc(CF)[nH]1. The zero-order valence-electron chi connectivity index (χ0n) is 5.32. The minimum Gasteiger partial charge on any atom is -0.344 e. The summed E-state index contributed by atoms with van der Waals surface area (Å²) in [4.78, 5) is 6.60. The maximum Gasteiger partial charge on any atom is 0.147 e. The Morgan fingerprint density at radius 2 is 2.56 bits per heavy atom. The van der Waals surface area contributed by atoms with Crippen molar-refractivity contribution in [2.75, 3.05) is 0 Å². The molecule has 1 rings (SSSR count). The molecule has 1 heterocycles. The molecule has 0 amide bonds. The van der Waals surface area contributed by atoms with Crippen LogP contribution in [0.1, 0.15) is 18.4 Å². The number of aromatic nitrogens is 2. The molecule has 0 aliphatic carbocycles. The average molecular weight is 128 g/mol. The van der Waals surface area contributed by atoms with Gasteiger partial charge in [-0.2, -0.15) is 0 Å². The van der Waals surface area contributed by atoms with E-state index in [-0.39, 0.29) is 0 Å². The number of rotatable bonds is 2. The van der Waals surface area contributed by atoms with E-state index in [1.807, 2.05) is 6.92 Å². The maximum atomic E-state index is 11.8. The number of imidazole rings is 1. The predicted molar refractivity (Wildman–Crippen MR) is 32.8 cm³/mol. The highest BCUT2D eigenvalue weighted by atomic mass is 19.1. The Kier molecular flexibility index (Phi) is 1.82. The van der Waals surface area contributed by atoms with Crippen LogP contribution in [0.15, 0.2) is 6.20 Å². The second-order valence-electron chi connectivity index (χ2n) is 1.84. The summed E-state index contributed by atoms with van der Waals surface area (Å²) in [5.74, 6) is 0.423. The highest BCUT2D eigenvalue weighted by Gasteiger charge is 1.95.